The predicted molar refractivity (Wildman–Crippen MR) is 125 cm³/mol. The fourth-order valence-electron chi connectivity index (χ4n) is 3.87. The van der Waals surface area contributed by atoms with Gasteiger partial charge in [-0.05, 0) is 48.5 Å². The molecule has 0 saturated carbocycles. The van der Waals surface area contributed by atoms with Gasteiger partial charge in [0, 0.05) is 17.6 Å². The summed E-state index contributed by atoms with van der Waals surface area (Å²) in [6, 6.07) is 10.1. The van der Waals surface area contributed by atoms with E-state index in [-0.39, 0.29) is 17.3 Å². The van der Waals surface area contributed by atoms with Crippen LogP contribution in [-0.2, 0) is 18.8 Å². The molecular weight excluding hydrogens is 513 g/mol. The molecule has 37 heavy (non-hydrogen) atoms. The molecule has 0 atom stereocenters. The predicted octanol–water partition coefficient (Wildman–Crippen LogP) is 5.30. The average molecular weight is 531 g/mol. The van der Waals surface area contributed by atoms with Gasteiger partial charge in [-0.2, -0.15) is 13.2 Å². The quantitative estimate of drug-likeness (QED) is 0.314. The number of halogens is 4. The fourth-order valence-corrected chi connectivity index (χ4v) is 4.04. The van der Waals surface area contributed by atoms with Crippen molar-refractivity contribution < 1.29 is 22.3 Å². The lowest BCUT2D eigenvalue weighted by atomic mass is 10.1. The molecule has 5 aromatic rings. The molecule has 0 amide bonds. The highest BCUT2D eigenvalue weighted by atomic mass is 35.5. The Morgan fingerprint density at radius 1 is 1.03 bits per heavy atom. The largest absolute Gasteiger partial charge is 0.479 e. The molecule has 0 spiro atoms. The Morgan fingerprint density at radius 2 is 1.81 bits per heavy atom. The van der Waals surface area contributed by atoms with Crippen molar-refractivity contribution in [2.75, 3.05) is 0 Å². The Hall–Kier alpha value is -4.26. The van der Waals surface area contributed by atoms with Crippen molar-refractivity contribution in [3.63, 3.8) is 0 Å². The highest BCUT2D eigenvalue weighted by molar-refractivity contribution is 6.30. The van der Waals surface area contributed by atoms with Gasteiger partial charge in [0.15, 0.2) is 17.2 Å². The van der Waals surface area contributed by atoms with Gasteiger partial charge in [0.25, 0.3) is 0 Å². The molecule has 10 nitrogen and oxygen atoms in total. The summed E-state index contributed by atoms with van der Waals surface area (Å²) in [6.07, 6.45) is -3.18. The van der Waals surface area contributed by atoms with E-state index in [1.54, 1.807) is 39.1 Å². The number of tetrazole rings is 1. The van der Waals surface area contributed by atoms with Crippen molar-refractivity contribution in [1.29, 1.82) is 0 Å². The summed E-state index contributed by atoms with van der Waals surface area (Å²) in [6.45, 7) is 3.44. The highest BCUT2D eigenvalue weighted by Gasteiger charge is 2.36. The molecule has 0 aliphatic carbocycles. The molecule has 14 heteroatoms. The summed E-state index contributed by atoms with van der Waals surface area (Å²) in [5.74, 6) is 1.19. The van der Waals surface area contributed by atoms with E-state index in [1.165, 1.54) is 29.0 Å². The first-order chi connectivity index (χ1) is 17.5. The van der Waals surface area contributed by atoms with Crippen LogP contribution in [0.1, 0.15) is 25.2 Å². The van der Waals surface area contributed by atoms with Crippen LogP contribution in [-0.4, -0.2) is 40.4 Å². The van der Waals surface area contributed by atoms with E-state index in [4.69, 9.17) is 20.8 Å². The summed E-state index contributed by atoms with van der Waals surface area (Å²) in [5.41, 5.74) is -1.23. The maximum atomic E-state index is 13.6. The van der Waals surface area contributed by atoms with Gasteiger partial charge in [0.2, 0.25) is 11.7 Å². The Kier molecular flexibility index (Phi) is 5.94. The second-order valence-corrected chi connectivity index (χ2v) is 8.93. The number of rotatable bonds is 6. The zero-order chi connectivity index (χ0) is 26.4. The average Bonchev–Trinajstić information content (AvgIpc) is 3.60. The van der Waals surface area contributed by atoms with Crippen LogP contribution in [0.4, 0.5) is 13.2 Å². The molecular formula is C23H18ClF3N8O2. The molecule has 190 valence electrons. The van der Waals surface area contributed by atoms with E-state index < -0.39 is 17.3 Å². The number of oxazole rings is 1. The maximum absolute atomic E-state index is 13.6. The summed E-state index contributed by atoms with van der Waals surface area (Å²) in [5, 5.41) is 22.1. The SMILES string of the molecule is Cn1c(-c2ccccc2C(F)(F)F)nnc1C(C)(C)Oc1ccc(Cl)cc1-c1nc(-c2nnn[nH]2)co1. The first-order valence-corrected chi connectivity index (χ1v) is 11.2. The summed E-state index contributed by atoms with van der Waals surface area (Å²) in [7, 11) is 1.58. The van der Waals surface area contributed by atoms with Gasteiger partial charge in [0.1, 0.15) is 17.7 Å². The number of aromatic amines is 1. The second-order valence-electron chi connectivity index (χ2n) is 8.49. The zero-order valence-electron chi connectivity index (χ0n) is 19.6. The Labute approximate surface area is 212 Å². The van der Waals surface area contributed by atoms with E-state index in [2.05, 4.69) is 35.8 Å². The smallest absolute Gasteiger partial charge is 0.417 e. The van der Waals surface area contributed by atoms with E-state index in [1.807, 2.05) is 0 Å². The number of nitrogens with zero attached hydrogens (tertiary/aromatic N) is 7. The molecule has 5 rings (SSSR count). The van der Waals surface area contributed by atoms with Crippen LogP contribution in [0.15, 0.2) is 53.1 Å². The van der Waals surface area contributed by atoms with E-state index >= 15 is 0 Å². The minimum Gasteiger partial charge on any atom is -0.479 e. The minimum atomic E-state index is -4.55. The van der Waals surface area contributed by atoms with Crippen LogP contribution in [0.3, 0.4) is 0 Å². The van der Waals surface area contributed by atoms with Gasteiger partial charge in [-0.3, -0.25) is 0 Å². The van der Waals surface area contributed by atoms with Crippen molar-refractivity contribution in [2.45, 2.75) is 25.6 Å². The molecule has 0 unspecified atom stereocenters. The lowest BCUT2D eigenvalue weighted by Gasteiger charge is -2.26. The molecule has 2 aromatic carbocycles. The summed E-state index contributed by atoms with van der Waals surface area (Å²) >= 11 is 6.23. The number of ether oxygens (including phenoxy) is 1. The third-order valence-electron chi connectivity index (χ3n) is 5.52. The van der Waals surface area contributed by atoms with Gasteiger partial charge in [0.05, 0.1) is 11.1 Å². The van der Waals surface area contributed by atoms with Crippen molar-refractivity contribution in [1.82, 2.24) is 40.4 Å². The molecule has 0 fully saturated rings. The molecule has 0 saturated heterocycles. The van der Waals surface area contributed by atoms with Gasteiger partial charge < -0.3 is 13.7 Å². The number of hydrogen-bond acceptors (Lipinski definition) is 8. The number of alkyl halides is 3. The van der Waals surface area contributed by atoms with Gasteiger partial charge in [-0.15, -0.1) is 15.3 Å². The summed E-state index contributed by atoms with van der Waals surface area (Å²) < 4.78 is 54.2. The third-order valence-corrected chi connectivity index (χ3v) is 5.75. The first-order valence-electron chi connectivity index (χ1n) is 10.8. The normalized spacial score (nSPS) is 12.2. The lowest BCUT2D eigenvalue weighted by molar-refractivity contribution is -0.137. The van der Waals surface area contributed by atoms with Crippen molar-refractivity contribution in [3.8, 4) is 40.1 Å². The molecule has 0 radical (unpaired) electrons. The Bertz CT molecular complexity index is 1560. The van der Waals surface area contributed by atoms with Crippen LogP contribution in [0.5, 0.6) is 5.75 Å². The lowest BCUT2D eigenvalue weighted by Crippen LogP contribution is -2.29. The molecule has 0 bridgehead atoms. The third kappa shape index (κ3) is 4.65. The van der Waals surface area contributed by atoms with E-state index in [9.17, 15) is 13.2 Å². The topological polar surface area (TPSA) is 120 Å². The van der Waals surface area contributed by atoms with Crippen LogP contribution < -0.4 is 4.74 Å². The number of nitrogens with one attached hydrogen (secondary N) is 1. The van der Waals surface area contributed by atoms with Crippen LogP contribution in [0.2, 0.25) is 5.02 Å². The van der Waals surface area contributed by atoms with Crippen LogP contribution in [0, 0.1) is 0 Å². The van der Waals surface area contributed by atoms with Crippen molar-refractivity contribution in [2.24, 2.45) is 7.05 Å². The number of H-pyrrole nitrogens is 1. The minimum absolute atomic E-state index is 0.0499. The highest BCUT2D eigenvalue weighted by Crippen LogP contribution is 2.39. The van der Waals surface area contributed by atoms with E-state index in [0.717, 1.165) is 6.07 Å². The maximum Gasteiger partial charge on any atom is 0.417 e. The van der Waals surface area contributed by atoms with Gasteiger partial charge in [-0.25, -0.2) is 10.1 Å². The van der Waals surface area contributed by atoms with Crippen LogP contribution in [0.25, 0.3) is 34.4 Å². The molecule has 1 N–H and O–H groups in total. The number of hydrogen-bond donors (Lipinski definition) is 1. The van der Waals surface area contributed by atoms with Crippen molar-refractivity contribution >= 4 is 11.6 Å². The molecule has 0 aliphatic heterocycles. The molecule has 3 heterocycles. The Morgan fingerprint density at radius 3 is 2.54 bits per heavy atom. The van der Waals surface area contributed by atoms with Crippen molar-refractivity contribution in [3.05, 3.63) is 65.1 Å². The fraction of sp³-hybridized carbons (Fsp3) is 0.217. The van der Waals surface area contributed by atoms with E-state index in [0.29, 0.717) is 33.7 Å². The Balaban J connectivity index is 1.51. The van der Waals surface area contributed by atoms with Gasteiger partial charge in [-0.1, -0.05) is 29.8 Å². The molecule has 0 aliphatic rings. The first kappa shape index (κ1) is 24.4. The molecule has 3 aromatic heterocycles. The monoisotopic (exact) mass is 530 g/mol. The summed E-state index contributed by atoms with van der Waals surface area (Å²) in [4.78, 5) is 4.40. The number of aromatic nitrogens is 8. The second kappa shape index (κ2) is 9.00. The standard InChI is InChI=1S/C23H18ClF3N8O2/c1-22(2,21-32-31-19(35(21)3)13-6-4-5-7-15(13)23(25,26)27)37-17-9-8-12(24)10-14(17)20-28-16(11-36-20)18-29-33-34-30-18/h4-11H,1-3H3,(H,29,30,33,34). The number of benzene rings is 2. The zero-order valence-corrected chi connectivity index (χ0v) is 20.3. The van der Waals surface area contributed by atoms with Gasteiger partial charge >= 0.3 is 6.18 Å². The van der Waals surface area contributed by atoms with Crippen LogP contribution >= 0.6 is 11.6 Å².